The second-order valence-electron chi connectivity index (χ2n) is 5.29. The van der Waals surface area contributed by atoms with E-state index in [1.54, 1.807) is 4.57 Å². The number of carbonyl (C=O) groups is 1. The summed E-state index contributed by atoms with van der Waals surface area (Å²) >= 11 is 0. The van der Waals surface area contributed by atoms with E-state index in [9.17, 15) is 15.0 Å². The largest absolute Gasteiger partial charge is 0.476 e. The average molecular weight is 250 g/mol. The van der Waals surface area contributed by atoms with Gasteiger partial charge in [-0.2, -0.15) is 0 Å². The van der Waals surface area contributed by atoms with E-state index in [0.29, 0.717) is 24.5 Å². The number of carboxylic acids is 1. The van der Waals surface area contributed by atoms with Crippen molar-refractivity contribution in [1.82, 2.24) is 9.55 Å². The molecule has 18 heavy (non-hydrogen) atoms. The summed E-state index contributed by atoms with van der Waals surface area (Å²) in [5.41, 5.74) is 0.860. The normalized spacial score (nSPS) is 24.2. The molecule has 2 aliphatic rings. The highest BCUT2D eigenvalue weighted by Crippen LogP contribution is 2.38. The van der Waals surface area contributed by atoms with E-state index in [1.165, 1.54) is 12.8 Å². The molecule has 1 aliphatic carbocycles. The van der Waals surface area contributed by atoms with Crippen LogP contribution in [0.25, 0.3) is 0 Å². The predicted octanol–water partition coefficient (Wildman–Crippen LogP) is 2.07. The number of aromatic nitrogens is 2. The number of rotatable bonds is 2. The van der Waals surface area contributed by atoms with Gasteiger partial charge in [0.15, 0.2) is 5.69 Å². The van der Waals surface area contributed by atoms with Gasteiger partial charge in [-0.05, 0) is 32.1 Å². The van der Waals surface area contributed by atoms with Crippen molar-refractivity contribution in [2.45, 2.75) is 57.1 Å². The van der Waals surface area contributed by atoms with Gasteiger partial charge in [0.1, 0.15) is 12.1 Å². The second kappa shape index (κ2) is 4.39. The maximum Gasteiger partial charge on any atom is 0.356 e. The number of hydrogen-bond donors (Lipinski definition) is 2. The Morgan fingerprint density at radius 1 is 1.22 bits per heavy atom. The number of aliphatic hydroxyl groups is 1. The van der Waals surface area contributed by atoms with Gasteiger partial charge in [-0.15, -0.1) is 0 Å². The summed E-state index contributed by atoms with van der Waals surface area (Å²) in [6.45, 7) is 0. The van der Waals surface area contributed by atoms with Gasteiger partial charge in [0, 0.05) is 5.92 Å². The maximum absolute atomic E-state index is 11.3. The summed E-state index contributed by atoms with van der Waals surface area (Å²) in [4.78, 5) is 15.6. The first-order chi connectivity index (χ1) is 8.68. The van der Waals surface area contributed by atoms with Gasteiger partial charge in [0.05, 0.1) is 5.69 Å². The highest BCUT2D eigenvalue weighted by molar-refractivity contribution is 5.87. The Morgan fingerprint density at radius 3 is 2.61 bits per heavy atom. The number of carboxylic acid groups (broad SMARTS) is 1. The number of fused-ring (bicyclic) bond motifs is 1. The number of aliphatic hydroxyl groups excluding tert-OH is 1. The summed E-state index contributed by atoms with van der Waals surface area (Å²) in [7, 11) is 0. The summed E-state index contributed by atoms with van der Waals surface area (Å²) in [5.74, 6) is 0.147. The van der Waals surface area contributed by atoms with Crippen LogP contribution in [0.3, 0.4) is 0 Å². The Bertz CT molecular complexity index is 475. The van der Waals surface area contributed by atoms with Crippen molar-refractivity contribution < 1.29 is 15.0 Å². The van der Waals surface area contributed by atoms with Crippen LogP contribution in [-0.4, -0.2) is 25.7 Å². The molecule has 0 bridgehead atoms. The fourth-order valence-corrected chi connectivity index (χ4v) is 3.28. The predicted molar refractivity (Wildman–Crippen MR) is 64.6 cm³/mol. The van der Waals surface area contributed by atoms with Crippen molar-refractivity contribution in [3.05, 3.63) is 17.2 Å². The van der Waals surface area contributed by atoms with Crippen LogP contribution in [0.2, 0.25) is 0 Å². The van der Waals surface area contributed by atoms with E-state index in [2.05, 4.69) is 4.98 Å². The third kappa shape index (κ3) is 1.73. The molecule has 0 amide bonds. The Hall–Kier alpha value is -1.36. The Kier molecular flexibility index (Phi) is 2.86. The van der Waals surface area contributed by atoms with E-state index in [1.807, 2.05) is 0 Å². The van der Waals surface area contributed by atoms with E-state index in [0.717, 1.165) is 25.1 Å². The van der Waals surface area contributed by atoms with Gasteiger partial charge >= 0.3 is 5.97 Å². The van der Waals surface area contributed by atoms with Crippen molar-refractivity contribution in [3.63, 3.8) is 0 Å². The minimum atomic E-state index is -0.975. The van der Waals surface area contributed by atoms with E-state index in [-0.39, 0.29) is 5.69 Å². The van der Waals surface area contributed by atoms with Gasteiger partial charge in [-0.1, -0.05) is 12.8 Å². The van der Waals surface area contributed by atoms with Crippen LogP contribution in [-0.2, 0) is 6.42 Å². The SMILES string of the molecule is O=C(O)c1nc(C2CCCC2)n2c1CCCC2O. The smallest absolute Gasteiger partial charge is 0.356 e. The van der Waals surface area contributed by atoms with Crippen LogP contribution in [0.5, 0.6) is 0 Å². The minimum absolute atomic E-state index is 0.149. The fraction of sp³-hybridized carbons (Fsp3) is 0.692. The lowest BCUT2D eigenvalue weighted by Crippen LogP contribution is -2.21. The first kappa shape index (κ1) is 11.7. The number of imidazole rings is 1. The molecule has 1 aromatic rings. The topological polar surface area (TPSA) is 75.3 Å². The molecule has 2 heterocycles. The van der Waals surface area contributed by atoms with Gasteiger partial charge in [-0.25, -0.2) is 9.78 Å². The molecule has 5 heteroatoms. The standard InChI is InChI=1S/C13H18N2O3/c16-10-7-3-6-9-11(13(17)18)14-12(15(9)10)8-4-1-2-5-8/h8,10,16H,1-7H2,(H,17,18). The van der Waals surface area contributed by atoms with E-state index >= 15 is 0 Å². The molecule has 1 saturated carbocycles. The lowest BCUT2D eigenvalue weighted by molar-refractivity contribution is 0.0673. The molecule has 0 spiro atoms. The Morgan fingerprint density at radius 2 is 1.94 bits per heavy atom. The van der Waals surface area contributed by atoms with Crippen LogP contribution in [0, 0.1) is 0 Å². The monoisotopic (exact) mass is 250 g/mol. The van der Waals surface area contributed by atoms with Crippen molar-refractivity contribution in [1.29, 1.82) is 0 Å². The van der Waals surface area contributed by atoms with Gasteiger partial charge < -0.3 is 14.8 Å². The summed E-state index contributed by atoms with van der Waals surface area (Å²) in [6, 6.07) is 0. The molecule has 5 nitrogen and oxygen atoms in total. The number of hydrogen-bond acceptors (Lipinski definition) is 3. The lowest BCUT2D eigenvalue weighted by Gasteiger charge is -2.24. The molecular weight excluding hydrogens is 232 g/mol. The zero-order valence-corrected chi connectivity index (χ0v) is 10.3. The summed E-state index contributed by atoms with van der Waals surface area (Å²) in [5, 5.41) is 19.4. The minimum Gasteiger partial charge on any atom is -0.476 e. The average Bonchev–Trinajstić information content (AvgIpc) is 2.95. The molecule has 1 unspecified atom stereocenters. The molecule has 1 fully saturated rings. The zero-order chi connectivity index (χ0) is 12.7. The molecular formula is C13H18N2O3. The van der Waals surface area contributed by atoms with Gasteiger partial charge in [0.25, 0.3) is 0 Å². The van der Waals surface area contributed by atoms with Crippen molar-refractivity contribution in [2.24, 2.45) is 0 Å². The molecule has 0 radical (unpaired) electrons. The quantitative estimate of drug-likeness (QED) is 0.842. The highest BCUT2D eigenvalue weighted by atomic mass is 16.4. The van der Waals surface area contributed by atoms with Crippen LogP contribution in [0.15, 0.2) is 0 Å². The fourth-order valence-electron chi connectivity index (χ4n) is 3.28. The number of aromatic carboxylic acids is 1. The molecule has 3 rings (SSSR count). The lowest BCUT2D eigenvalue weighted by atomic mass is 10.0. The molecule has 0 aromatic carbocycles. The summed E-state index contributed by atoms with van der Waals surface area (Å²) in [6.07, 6.45) is 6.10. The third-order valence-corrected chi connectivity index (χ3v) is 4.13. The van der Waals surface area contributed by atoms with Gasteiger partial charge in [-0.3, -0.25) is 0 Å². The Labute approximate surface area is 105 Å². The summed E-state index contributed by atoms with van der Waals surface area (Å²) < 4.78 is 1.79. The molecule has 0 saturated heterocycles. The maximum atomic E-state index is 11.3. The molecule has 1 aromatic heterocycles. The van der Waals surface area contributed by atoms with E-state index in [4.69, 9.17) is 0 Å². The third-order valence-electron chi connectivity index (χ3n) is 4.13. The molecule has 1 aliphatic heterocycles. The first-order valence-corrected chi connectivity index (χ1v) is 6.71. The highest BCUT2D eigenvalue weighted by Gasteiger charge is 2.32. The van der Waals surface area contributed by atoms with Crippen LogP contribution in [0.1, 0.15) is 72.7 Å². The van der Waals surface area contributed by atoms with Crippen molar-refractivity contribution in [3.8, 4) is 0 Å². The Balaban J connectivity index is 2.10. The molecule has 98 valence electrons. The van der Waals surface area contributed by atoms with Crippen LogP contribution >= 0.6 is 0 Å². The first-order valence-electron chi connectivity index (χ1n) is 6.71. The number of nitrogens with zero attached hydrogens (tertiary/aromatic N) is 2. The van der Waals surface area contributed by atoms with Crippen molar-refractivity contribution in [2.75, 3.05) is 0 Å². The van der Waals surface area contributed by atoms with Gasteiger partial charge in [0.2, 0.25) is 0 Å². The zero-order valence-electron chi connectivity index (χ0n) is 10.3. The van der Waals surface area contributed by atoms with Crippen LogP contribution < -0.4 is 0 Å². The van der Waals surface area contributed by atoms with Crippen LogP contribution in [0.4, 0.5) is 0 Å². The molecule has 2 N–H and O–H groups in total. The van der Waals surface area contributed by atoms with Crippen molar-refractivity contribution >= 4 is 5.97 Å². The second-order valence-corrected chi connectivity index (χ2v) is 5.29. The van der Waals surface area contributed by atoms with E-state index < -0.39 is 12.2 Å². The molecule has 1 atom stereocenters.